The van der Waals surface area contributed by atoms with E-state index in [9.17, 15) is 19.5 Å². The number of nitrogens with zero attached hydrogens (tertiary/aromatic N) is 2. The minimum absolute atomic E-state index is 0.0966. The second kappa shape index (κ2) is 11.3. The van der Waals surface area contributed by atoms with Gasteiger partial charge < -0.3 is 24.4 Å². The number of aliphatic hydroxyl groups excluding tert-OH is 1. The van der Waals surface area contributed by atoms with E-state index >= 15 is 0 Å². The maximum atomic E-state index is 14.6. The number of amides is 2. The molecule has 8 nitrogen and oxygen atoms in total. The summed E-state index contributed by atoms with van der Waals surface area (Å²) in [5.74, 6) is -3.16. The predicted octanol–water partition coefficient (Wildman–Crippen LogP) is 4.29. The number of ether oxygens (including phenoxy) is 2. The van der Waals surface area contributed by atoms with Crippen LogP contribution in [0.1, 0.15) is 52.9 Å². The minimum atomic E-state index is -1.41. The zero-order valence-electron chi connectivity index (χ0n) is 23.4. The summed E-state index contributed by atoms with van der Waals surface area (Å²) >= 11 is 6.13. The van der Waals surface area contributed by atoms with E-state index in [1.165, 1.54) is 4.90 Å². The average Bonchev–Trinajstić information content (AvgIpc) is 3.31. The molecule has 1 N–H and O–H groups in total. The molecule has 0 aliphatic carbocycles. The van der Waals surface area contributed by atoms with Gasteiger partial charge in [-0.25, -0.2) is 0 Å². The molecule has 5 rings (SSSR count). The van der Waals surface area contributed by atoms with E-state index in [1.54, 1.807) is 29.2 Å². The Morgan fingerprint density at radius 3 is 2.48 bits per heavy atom. The van der Waals surface area contributed by atoms with E-state index in [-0.39, 0.29) is 37.5 Å². The molecule has 4 aliphatic rings. The molecule has 0 bridgehead atoms. The van der Waals surface area contributed by atoms with E-state index < -0.39 is 41.1 Å². The number of benzene rings is 1. The number of fused-ring (bicyclic) bond motifs is 2. The summed E-state index contributed by atoms with van der Waals surface area (Å²) in [6, 6.07) is 5.28. The SMILES string of the molecule is CC[C@H](C)[C@H](CO)N1C(=O)[C@@H]2[C@H]3C(=O)OCCCC/C=C\[C@@]3(CC)O[C@@]23C=CCN(c2ccc(Cl)cc2)C(=O)C13. The van der Waals surface area contributed by atoms with Crippen molar-refractivity contribution in [2.24, 2.45) is 17.8 Å². The highest BCUT2D eigenvalue weighted by atomic mass is 35.5. The van der Waals surface area contributed by atoms with Crippen molar-refractivity contribution in [1.29, 1.82) is 0 Å². The second-order valence-electron chi connectivity index (χ2n) is 11.4. The lowest BCUT2D eigenvalue weighted by Crippen LogP contribution is -2.60. The van der Waals surface area contributed by atoms with Crippen LogP contribution in [-0.4, -0.2) is 70.8 Å². The number of hydrogen-bond acceptors (Lipinski definition) is 6. The van der Waals surface area contributed by atoms with Gasteiger partial charge in [-0.15, -0.1) is 0 Å². The second-order valence-corrected chi connectivity index (χ2v) is 11.8. The molecule has 2 amide bonds. The van der Waals surface area contributed by atoms with Crippen molar-refractivity contribution in [2.45, 2.75) is 76.2 Å². The standard InChI is InChI=1S/C31H39ClN2O6/c1-4-20(3)23(19-35)34-26-28(37)33(22-13-11-21(32)12-14-22)17-10-16-31(26)24(27(34)36)25-29(38)39-18-9-7-6-8-15-30(25,5-2)40-31/h8,10-16,20,23-26,35H,4-7,9,17-19H2,1-3H3/b15-8-/t20-,23-,24-,25-,26?,30+,31-/m0/s1. The first-order valence-corrected chi connectivity index (χ1v) is 14.8. The van der Waals surface area contributed by atoms with Crippen molar-refractivity contribution in [2.75, 3.05) is 24.7 Å². The molecule has 216 valence electrons. The van der Waals surface area contributed by atoms with Gasteiger partial charge in [0.05, 0.1) is 25.2 Å². The van der Waals surface area contributed by atoms with Gasteiger partial charge in [0.15, 0.2) is 0 Å². The quantitative estimate of drug-likeness (QED) is 0.405. The zero-order chi connectivity index (χ0) is 28.7. The Bertz CT molecular complexity index is 1200. The molecule has 0 saturated carbocycles. The van der Waals surface area contributed by atoms with Crippen LogP contribution in [0.2, 0.25) is 5.02 Å². The number of cyclic esters (lactones) is 1. The van der Waals surface area contributed by atoms with E-state index in [0.29, 0.717) is 23.6 Å². The van der Waals surface area contributed by atoms with Crippen LogP contribution in [0, 0.1) is 17.8 Å². The van der Waals surface area contributed by atoms with Gasteiger partial charge in [-0.05, 0) is 55.9 Å². The van der Waals surface area contributed by atoms with Crippen LogP contribution in [0.5, 0.6) is 0 Å². The molecule has 0 radical (unpaired) electrons. The molecular weight excluding hydrogens is 532 g/mol. The number of aliphatic hydroxyl groups is 1. The van der Waals surface area contributed by atoms with Gasteiger partial charge in [0.1, 0.15) is 23.2 Å². The fraction of sp³-hybridized carbons (Fsp3) is 0.581. The molecule has 1 unspecified atom stereocenters. The average molecular weight is 571 g/mol. The lowest BCUT2D eigenvalue weighted by molar-refractivity contribution is -0.162. The van der Waals surface area contributed by atoms with Crippen LogP contribution >= 0.6 is 11.6 Å². The molecular formula is C31H39ClN2O6. The Balaban J connectivity index is 1.70. The third kappa shape index (κ3) is 4.48. The third-order valence-corrected chi connectivity index (χ3v) is 9.56. The Morgan fingerprint density at radius 1 is 1.05 bits per heavy atom. The number of carbonyl (C=O) groups is 3. The van der Waals surface area contributed by atoms with Crippen molar-refractivity contribution < 1.29 is 29.0 Å². The molecule has 2 fully saturated rings. The summed E-state index contributed by atoms with van der Waals surface area (Å²) < 4.78 is 12.7. The first-order chi connectivity index (χ1) is 19.2. The first kappa shape index (κ1) is 28.8. The molecule has 7 atom stereocenters. The molecule has 40 heavy (non-hydrogen) atoms. The highest BCUT2D eigenvalue weighted by molar-refractivity contribution is 6.30. The van der Waals surface area contributed by atoms with Gasteiger partial charge in [-0.1, -0.05) is 63.1 Å². The van der Waals surface area contributed by atoms with Crippen molar-refractivity contribution >= 4 is 35.1 Å². The summed E-state index contributed by atoms with van der Waals surface area (Å²) in [5.41, 5.74) is -1.88. The van der Waals surface area contributed by atoms with E-state index in [4.69, 9.17) is 21.1 Å². The van der Waals surface area contributed by atoms with Crippen LogP contribution in [0.3, 0.4) is 0 Å². The maximum Gasteiger partial charge on any atom is 0.313 e. The van der Waals surface area contributed by atoms with E-state index in [0.717, 1.165) is 19.3 Å². The molecule has 0 aromatic heterocycles. The fourth-order valence-corrected chi connectivity index (χ4v) is 7.13. The number of allylic oxidation sites excluding steroid dienone is 1. The lowest BCUT2D eigenvalue weighted by Gasteiger charge is -2.42. The molecule has 1 aromatic rings. The van der Waals surface area contributed by atoms with Gasteiger partial charge in [-0.3, -0.25) is 14.4 Å². The molecule has 9 heteroatoms. The van der Waals surface area contributed by atoms with Crippen molar-refractivity contribution in [3.8, 4) is 0 Å². The molecule has 4 aliphatic heterocycles. The summed E-state index contributed by atoms with van der Waals surface area (Å²) in [7, 11) is 0. The topological polar surface area (TPSA) is 96.4 Å². The molecule has 2 saturated heterocycles. The lowest BCUT2D eigenvalue weighted by atomic mass is 9.73. The third-order valence-electron chi connectivity index (χ3n) is 9.30. The number of halogens is 1. The van der Waals surface area contributed by atoms with Gasteiger partial charge in [0, 0.05) is 17.3 Å². The highest BCUT2D eigenvalue weighted by Gasteiger charge is 2.76. The number of likely N-dealkylation sites (tertiary alicyclic amines) is 1. The smallest absolute Gasteiger partial charge is 0.313 e. The van der Waals surface area contributed by atoms with Gasteiger partial charge in [0.2, 0.25) is 5.91 Å². The number of hydrogen-bond donors (Lipinski definition) is 1. The number of carbonyl (C=O) groups excluding carboxylic acids is 3. The van der Waals surface area contributed by atoms with Crippen molar-refractivity contribution in [1.82, 2.24) is 4.90 Å². The van der Waals surface area contributed by atoms with Gasteiger partial charge >= 0.3 is 5.97 Å². The Hall–Kier alpha value is -2.68. The fourth-order valence-electron chi connectivity index (χ4n) is 7.00. The monoisotopic (exact) mass is 570 g/mol. The van der Waals surface area contributed by atoms with Crippen molar-refractivity contribution in [3.63, 3.8) is 0 Å². The zero-order valence-corrected chi connectivity index (χ0v) is 24.2. The maximum absolute atomic E-state index is 14.6. The largest absolute Gasteiger partial charge is 0.465 e. The van der Waals surface area contributed by atoms with Crippen LogP contribution in [0.4, 0.5) is 5.69 Å². The van der Waals surface area contributed by atoms with Crippen LogP contribution < -0.4 is 4.90 Å². The molecule has 1 spiro atoms. The van der Waals surface area contributed by atoms with Crippen molar-refractivity contribution in [3.05, 3.63) is 53.6 Å². The van der Waals surface area contributed by atoms with Crippen LogP contribution in [-0.2, 0) is 23.9 Å². The van der Waals surface area contributed by atoms with Crippen LogP contribution in [0.25, 0.3) is 0 Å². The Morgan fingerprint density at radius 2 is 1.80 bits per heavy atom. The normalized spacial score (nSPS) is 34.4. The van der Waals surface area contributed by atoms with E-state index in [1.807, 2.05) is 45.1 Å². The number of anilines is 1. The highest BCUT2D eigenvalue weighted by Crippen LogP contribution is 2.59. The minimum Gasteiger partial charge on any atom is -0.465 e. The molecule has 4 heterocycles. The molecule has 1 aromatic carbocycles. The van der Waals surface area contributed by atoms with Gasteiger partial charge in [0.25, 0.3) is 5.91 Å². The number of esters is 1. The predicted molar refractivity (Wildman–Crippen MR) is 152 cm³/mol. The van der Waals surface area contributed by atoms with Crippen LogP contribution in [0.15, 0.2) is 48.6 Å². The Kier molecular flexibility index (Phi) is 8.15. The summed E-state index contributed by atoms with van der Waals surface area (Å²) in [5, 5.41) is 11.1. The Labute approximate surface area is 240 Å². The van der Waals surface area contributed by atoms with E-state index in [2.05, 4.69) is 0 Å². The summed E-state index contributed by atoms with van der Waals surface area (Å²) in [6.45, 7) is 6.10. The van der Waals surface area contributed by atoms with Gasteiger partial charge in [-0.2, -0.15) is 0 Å². The summed E-state index contributed by atoms with van der Waals surface area (Å²) in [6.07, 6.45) is 11.2. The summed E-state index contributed by atoms with van der Waals surface area (Å²) in [4.78, 5) is 46.1. The number of rotatable bonds is 6. The first-order valence-electron chi connectivity index (χ1n) is 14.5.